The van der Waals surface area contributed by atoms with E-state index in [1.165, 1.54) is 0 Å². The lowest BCUT2D eigenvalue weighted by molar-refractivity contribution is 1.50. The molecule has 0 rings (SSSR count). The first-order valence-electron chi connectivity index (χ1n) is 2.50. The summed E-state index contributed by atoms with van der Waals surface area (Å²) in [7, 11) is 0. The van der Waals surface area contributed by atoms with Gasteiger partial charge in [-0.3, -0.25) is 0 Å². The molecule has 0 heteroatoms. The first-order chi connectivity index (χ1) is 3.00. The van der Waals surface area contributed by atoms with Gasteiger partial charge in [0.2, 0.25) is 0 Å². The Bertz CT molecular complexity index is 0. The Hall–Kier alpha value is -0.260. The Morgan fingerprint density at radius 1 is 0.667 bits per heavy atom. The molecule has 0 aromatic rings. The van der Waals surface area contributed by atoms with E-state index in [0.717, 1.165) is 0 Å². The maximum atomic E-state index is 3.00. The van der Waals surface area contributed by atoms with Crippen molar-refractivity contribution in [2.24, 2.45) is 0 Å². The third-order valence-electron chi connectivity index (χ3n) is 0. The minimum atomic E-state index is 2.00. The predicted molar refractivity (Wildman–Crippen MR) is 33.9 cm³/mol. The van der Waals surface area contributed by atoms with Crippen LogP contribution in [0.1, 0.15) is 27.7 Å². The van der Waals surface area contributed by atoms with Gasteiger partial charge in [-0.15, -0.1) is 13.2 Å². The molecule has 6 heavy (non-hydrogen) atoms. The Labute approximate surface area is 41.9 Å². The van der Waals surface area contributed by atoms with Crippen molar-refractivity contribution in [3.05, 3.63) is 13.2 Å². The first kappa shape index (κ1) is 17.2. The summed E-state index contributed by atoms with van der Waals surface area (Å²) in [5.74, 6) is 0. The SMILES string of the molecule is C=C.CC.CC. The average molecular weight is 88.2 g/mol. The third-order valence-corrected chi connectivity index (χ3v) is 0. The normalized spacial score (nSPS) is 2.67. The van der Waals surface area contributed by atoms with Crippen molar-refractivity contribution in [1.29, 1.82) is 0 Å². The molecule has 0 aliphatic carbocycles. The summed E-state index contributed by atoms with van der Waals surface area (Å²) < 4.78 is 0. The Morgan fingerprint density at radius 3 is 0.667 bits per heavy atom. The van der Waals surface area contributed by atoms with Gasteiger partial charge in [-0.1, -0.05) is 27.7 Å². The minimum Gasteiger partial charge on any atom is -0.106 e. The lowest BCUT2D eigenvalue weighted by atomic mass is 11.0. The van der Waals surface area contributed by atoms with Gasteiger partial charge >= 0.3 is 0 Å². The molecule has 0 spiro atoms. The zero-order chi connectivity index (χ0) is 6.00. The molecule has 0 nitrogen and oxygen atoms in total. The van der Waals surface area contributed by atoms with E-state index in [1.54, 1.807) is 0 Å². The molecule has 0 aliphatic rings. The van der Waals surface area contributed by atoms with E-state index in [9.17, 15) is 0 Å². The molecule has 0 heterocycles. The van der Waals surface area contributed by atoms with Crippen LogP contribution in [0.5, 0.6) is 0 Å². The second-order valence-corrected chi connectivity index (χ2v) is 0. The fourth-order valence-electron chi connectivity index (χ4n) is 0. The van der Waals surface area contributed by atoms with E-state index >= 15 is 0 Å². The molecule has 0 aliphatic heterocycles. The molecule has 0 atom stereocenters. The smallest absolute Gasteiger partial charge is 0.0683 e. The Kier molecular flexibility index (Phi) is 2810. The maximum Gasteiger partial charge on any atom is -0.0683 e. The highest BCUT2D eigenvalue weighted by Crippen LogP contribution is 1.15. The van der Waals surface area contributed by atoms with Crippen molar-refractivity contribution in [3.63, 3.8) is 0 Å². The van der Waals surface area contributed by atoms with Crippen molar-refractivity contribution in [3.8, 4) is 0 Å². The van der Waals surface area contributed by atoms with Crippen LogP contribution in [0, 0.1) is 0 Å². The van der Waals surface area contributed by atoms with Crippen molar-refractivity contribution < 1.29 is 0 Å². The van der Waals surface area contributed by atoms with E-state index in [0.29, 0.717) is 0 Å². The third kappa shape index (κ3) is 415. The van der Waals surface area contributed by atoms with Gasteiger partial charge in [-0.25, -0.2) is 0 Å². The molecule has 0 fully saturated rings. The zero-order valence-electron chi connectivity index (χ0n) is 5.41. The molecular formula is C6H16. The summed E-state index contributed by atoms with van der Waals surface area (Å²) >= 11 is 0. The van der Waals surface area contributed by atoms with Crippen LogP contribution in [-0.4, -0.2) is 0 Å². The van der Waals surface area contributed by atoms with E-state index < -0.39 is 0 Å². The molecule has 0 saturated heterocycles. The van der Waals surface area contributed by atoms with Crippen LogP contribution in [-0.2, 0) is 0 Å². The van der Waals surface area contributed by atoms with Gasteiger partial charge in [0.05, 0.1) is 0 Å². The summed E-state index contributed by atoms with van der Waals surface area (Å²) in [5.41, 5.74) is 0. The van der Waals surface area contributed by atoms with Crippen molar-refractivity contribution in [1.82, 2.24) is 0 Å². The lowest BCUT2D eigenvalue weighted by Crippen LogP contribution is -0.856. The van der Waals surface area contributed by atoms with Crippen molar-refractivity contribution >= 4 is 0 Å². The molecule has 0 aromatic carbocycles. The predicted octanol–water partition coefficient (Wildman–Crippen LogP) is 2.85. The first-order valence-corrected chi connectivity index (χ1v) is 2.50. The second-order valence-electron chi connectivity index (χ2n) is 0. The summed E-state index contributed by atoms with van der Waals surface area (Å²) in [6.45, 7) is 14.0. The van der Waals surface area contributed by atoms with Crippen molar-refractivity contribution in [2.45, 2.75) is 27.7 Å². The Balaban J connectivity index is -0.0000000225. The zero-order valence-corrected chi connectivity index (χ0v) is 5.41. The van der Waals surface area contributed by atoms with E-state index in [-0.39, 0.29) is 0 Å². The van der Waals surface area contributed by atoms with Gasteiger partial charge in [0.1, 0.15) is 0 Å². The standard InChI is InChI=1S/2C2H6.C2H4/c3*1-2/h2*1-2H3;1-2H2. The van der Waals surface area contributed by atoms with E-state index in [4.69, 9.17) is 0 Å². The van der Waals surface area contributed by atoms with Gasteiger partial charge in [0.15, 0.2) is 0 Å². The maximum absolute atomic E-state index is 3.00. The lowest BCUT2D eigenvalue weighted by Gasteiger charge is -1.07. The molecule has 0 radical (unpaired) electrons. The molecule has 0 amide bonds. The van der Waals surface area contributed by atoms with Crippen LogP contribution < -0.4 is 0 Å². The highest BCUT2D eigenvalue weighted by atomic mass is 13.0. The van der Waals surface area contributed by atoms with Gasteiger partial charge in [0, 0.05) is 0 Å². The molecule has 0 N–H and O–H groups in total. The minimum absolute atomic E-state index is 2.00. The van der Waals surface area contributed by atoms with Crippen molar-refractivity contribution in [2.75, 3.05) is 0 Å². The summed E-state index contributed by atoms with van der Waals surface area (Å²) in [5, 5.41) is 0. The highest BCUT2D eigenvalue weighted by molar-refractivity contribution is 4.22. The fraction of sp³-hybridized carbons (Fsp3) is 0.667. The number of rotatable bonds is 0. The average Bonchev–Trinajstić information content (AvgIpc) is 1.81. The van der Waals surface area contributed by atoms with Crippen LogP contribution in [0.2, 0.25) is 0 Å². The summed E-state index contributed by atoms with van der Waals surface area (Å²) in [6.07, 6.45) is 0. The monoisotopic (exact) mass is 88.1 g/mol. The van der Waals surface area contributed by atoms with Gasteiger partial charge in [-0.05, 0) is 0 Å². The quantitative estimate of drug-likeness (QED) is 0.399. The number of hydrogen-bond donors (Lipinski definition) is 0. The molecule has 0 aromatic heterocycles. The molecule has 0 unspecified atom stereocenters. The molecular weight excluding hydrogens is 72.1 g/mol. The van der Waals surface area contributed by atoms with Gasteiger partial charge < -0.3 is 0 Å². The highest BCUT2D eigenvalue weighted by Gasteiger charge is 0.934. The Morgan fingerprint density at radius 2 is 0.667 bits per heavy atom. The van der Waals surface area contributed by atoms with Crippen LogP contribution in [0.15, 0.2) is 13.2 Å². The van der Waals surface area contributed by atoms with E-state index in [2.05, 4.69) is 13.2 Å². The molecule has 0 bridgehead atoms. The second kappa shape index (κ2) is 981. The van der Waals surface area contributed by atoms with Crippen LogP contribution in [0.25, 0.3) is 0 Å². The van der Waals surface area contributed by atoms with Gasteiger partial charge in [-0.2, -0.15) is 0 Å². The van der Waals surface area contributed by atoms with Gasteiger partial charge in [0.25, 0.3) is 0 Å². The molecule has 40 valence electrons. The summed E-state index contributed by atoms with van der Waals surface area (Å²) in [6, 6.07) is 0. The largest absolute Gasteiger partial charge is 0.106 e. The fourth-order valence-corrected chi connectivity index (χ4v) is 0. The summed E-state index contributed by atoms with van der Waals surface area (Å²) in [4.78, 5) is 0. The van der Waals surface area contributed by atoms with Crippen LogP contribution >= 0.6 is 0 Å². The van der Waals surface area contributed by atoms with E-state index in [1.807, 2.05) is 27.7 Å². The topological polar surface area (TPSA) is 0 Å². The molecule has 0 saturated carbocycles. The number of hydrogen-bond acceptors (Lipinski definition) is 0. The van der Waals surface area contributed by atoms with Crippen LogP contribution in [0.3, 0.4) is 0 Å². The van der Waals surface area contributed by atoms with Crippen LogP contribution in [0.4, 0.5) is 0 Å².